The molecule has 1 amide bonds. The van der Waals surface area contributed by atoms with Crippen LogP contribution in [0.4, 0.5) is 11.5 Å². The number of pyridine rings is 1. The number of likely N-dealkylation sites (tertiary alicyclic amines) is 1. The number of piperazine rings is 1. The van der Waals surface area contributed by atoms with Crippen LogP contribution in [-0.4, -0.2) is 63.5 Å². The summed E-state index contributed by atoms with van der Waals surface area (Å²) in [5.74, 6) is 0.512. The number of hydrogen-bond acceptors (Lipinski definition) is 6. The molecule has 2 aliphatic heterocycles. The van der Waals surface area contributed by atoms with Crippen molar-refractivity contribution in [2.24, 2.45) is 0 Å². The summed E-state index contributed by atoms with van der Waals surface area (Å²) in [5.41, 5.74) is 0.717. The highest BCUT2D eigenvalue weighted by Crippen LogP contribution is 2.26. The van der Waals surface area contributed by atoms with Gasteiger partial charge >= 0.3 is 0 Å². The number of benzene rings is 1. The van der Waals surface area contributed by atoms with Crippen molar-refractivity contribution in [2.45, 2.75) is 17.7 Å². The monoisotopic (exact) mass is 493 g/mol. The van der Waals surface area contributed by atoms with Gasteiger partial charge in [0.15, 0.2) is 0 Å². The largest absolute Gasteiger partial charge is 0.353 e. The van der Waals surface area contributed by atoms with Gasteiger partial charge in [-0.2, -0.15) is 0 Å². The predicted molar refractivity (Wildman–Crippen MR) is 119 cm³/mol. The molecule has 10 heteroatoms. The summed E-state index contributed by atoms with van der Waals surface area (Å²) < 4.78 is 28.9. The fraction of sp³-hybridized carbons (Fsp3) is 0.400. The Hall–Kier alpha value is -2.17. The van der Waals surface area contributed by atoms with Crippen LogP contribution in [0.1, 0.15) is 23.2 Å². The first-order chi connectivity index (χ1) is 14.4. The molecular weight excluding hydrogens is 470 g/mol. The van der Waals surface area contributed by atoms with Gasteiger partial charge in [0.2, 0.25) is 0 Å². The Morgan fingerprint density at radius 2 is 1.73 bits per heavy atom. The van der Waals surface area contributed by atoms with Crippen molar-refractivity contribution in [3.8, 4) is 0 Å². The number of rotatable bonds is 5. The van der Waals surface area contributed by atoms with Crippen molar-refractivity contribution >= 4 is 43.4 Å². The van der Waals surface area contributed by atoms with Crippen LogP contribution in [0.25, 0.3) is 0 Å². The maximum atomic E-state index is 13.2. The van der Waals surface area contributed by atoms with Crippen molar-refractivity contribution < 1.29 is 13.2 Å². The normalized spacial score (nSPS) is 17.2. The van der Waals surface area contributed by atoms with Crippen molar-refractivity contribution in [3.05, 3.63) is 46.6 Å². The van der Waals surface area contributed by atoms with E-state index in [9.17, 15) is 13.2 Å². The first-order valence-electron chi connectivity index (χ1n) is 9.97. The molecule has 0 spiro atoms. The van der Waals surface area contributed by atoms with Gasteiger partial charge in [-0.1, -0.05) is 15.9 Å². The second-order valence-corrected chi connectivity index (χ2v) is 9.99. The van der Waals surface area contributed by atoms with Gasteiger partial charge in [-0.3, -0.25) is 9.52 Å². The minimum Gasteiger partial charge on any atom is -0.353 e. The second-order valence-electron chi connectivity index (χ2n) is 7.39. The molecule has 3 heterocycles. The summed E-state index contributed by atoms with van der Waals surface area (Å²) in [7, 11) is -3.79. The predicted octanol–water partition coefficient (Wildman–Crippen LogP) is 2.29. The molecule has 0 atom stereocenters. The Balaban J connectivity index is 1.66. The van der Waals surface area contributed by atoms with Crippen LogP contribution in [0.3, 0.4) is 0 Å². The van der Waals surface area contributed by atoms with Gasteiger partial charge < -0.3 is 15.1 Å². The van der Waals surface area contributed by atoms with Gasteiger partial charge in [-0.15, -0.1) is 0 Å². The SMILES string of the molecule is O=C(c1cc(NS(=O)(=O)c2ccc(Br)cc2)cnc1N1CCNCC1)N1CCCC1. The smallest absolute Gasteiger partial charge is 0.261 e. The number of aromatic nitrogens is 1. The highest BCUT2D eigenvalue weighted by molar-refractivity contribution is 9.10. The van der Waals surface area contributed by atoms with Gasteiger partial charge in [-0.05, 0) is 43.2 Å². The molecule has 2 aromatic rings. The van der Waals surface area contributed by atoms with Crippen LogP contribution in [0.15, 0.2) is 45.9 Å². The van der Waals surface area contributed by atoms with Crippen LogP contribution in [0.5, 0.6) is 0 Å². The molecule has 2 N–H and O–H groups in total. The summed E-state index contributed by atoms with van der Waals surface area (Å²) in [5, 5.41) is 3.29. The van der Waals surface area contributed by atoms with E-state index in [2.05, 4.69) is 35.9 Å². The molecule has 0 saturated carbocycles. The van der Waals surface area contributed by atoms with Crippen LogP contribution in [0.2, 0.25) is 0 Å². The Morgan fingerprint density at radius 3 is 2.40 bits per heavy atom. The lowest BCUT2D eigenvalue weighted by atomic mass is 10.2. The molecule has 1 aromatic carbocycles. The molecular formula is C20H24BrN5O3S. The third-order valence-corrected chi connectivity index (χ3v) is 7.21. The zero-order chi connectivity index (χ0) is 21.1. The van der Waals surface area contributed by atoms with Crippen LogP contribution in [-0.2, 0) is 10.0 Å². The van der Waals surface area contributed by atoms with E-state index in [4.69, 9.17) is 0 Å². The molecule has 0 radical (unpaired) electrons. The lowest BCUT2D eigenvalue weighted by Crippen LogP contribution is -2.45. The minimum absolute atomic E-state index is 0.0989. The fourth-order valence-electron chi connectivity index (χ4n) is 3.72. The van der Waals surface area contributed by atoms with Crippen LogP contribution >= 0.6 is 15.9 Å². The maximum Gasteiger partial charge on any atom is 0.261 e. The molecule has 4 rings (SSSR count). The summed E-state index contributed by atoms with van der Waals surface area (Å²) >= 11 is 3.31. The molecule has 160 valence electrons. The Morgan fingerprint density at radius 1 is 1.07 bits per heavy atom. The Kier molecular flexibility index (Phi) is 6.26. The molecule has 30 heavy (non-hydrogen) atoms. The van der Waals surface area contributed by atoms with Crippen LogP contribution < -0.4 is 14.9 Å². The van der Waals surface area contributed by atoms with E-state index in [1.807, 2.05) is 4.90 Å². The molecule has 0 aliphatic carbocycles. The molecule has 0 bridgehead atoms. The summed E-state index contributed by atoms with van der Waals surface area (Å²) in [6, 6.07) is 7.99. The first-order valence-corrected chi connectivity index (χ1v) is 12.2. The van der Waals surface area contributed by atoms with Gasteiger partial charge in [0, 0.05) is 43.7 Å². The minimum atomic E-state index is -3.79. The van der Waals surface area contributed by atoms with Gasteiger partial charge in [-0.25, -0.2) is 13.4 Å². The average Bonchev–Trinajstić information content (AvgIpc) is 3.29. The number of nitrogens with one attached hydrogen (secondary N) is 2. The maximum absolute atomic E-state index is 13.2. The number of sulfonamides is 1. The zero-order valence-corrected chi connectivity index (χ0v) is 18.9. The number of anilines is 2. The summed E-state index contributed by atoms with van der Waals surface area (Å²) in [6.45, 7) is 4.56. The molecule has 1 aromatic heterocycles. The second kappa shape index (κ2) is 8.91. The fourth-order valence-corrected chi connectivity index (χ4v) is 5.02. The van der Waals surface area contributed by atoms with E-state index in [1.54, 1.807) is 18.2 Å². The topological polar surface area (TPSA) is 94.6 Å². The first kappa shape index (κ1) is 21.1. The third-order valence-electron chi connectivity index (χ3n) is 5.28. The number of amides is 1. The molecule has 2 saturated heterocycles. The lowest BCUT2D eigenvalue weighted by molar-refractivity contribution is 0.0793. The highest BCUT2D eigenvalue weighted by atomic mass is 79.9. The van der Waals surface area contributed by atoms with Crippen molar-refractivity contribution in [3.63, 3.8) is 0 Å². The van der Waals surface area contributed by atoms with Crippen molar-refractivity contribution in [2.75, 3.05) is 48.9 Å². The van der Waals surface area contributed by atoms with Gasteiger partial charge in [0.25, 0.3) is 15.9 Å². The highest BCUT2D eigenvalue weighted by Gasteiger charge is 2.27. The van der Waals surface area contributed by atoms with Crippen molar-refractivity contribution in [1.82, 2.24) is 15.2 Å². The van der Waals surface area contributed by atoms with E-state index in [-0.39, 0.29) is 16.5 Å². The van der Waals surface area contributed by atoms with Gasteiger partial charge in [0.05, 0.1) is 22.3 Å². The Labute approximate surface area is 184 Å². The van der Waals surface area contributed by atoms with E-state index < -0.39 is 10.0 Å². The number of nitrogens with zero attached hydrogens (tertiary/aromatic N) is 3. The third kappa shape index (κ3) is 4.60. The average molecular weight is 494 g/mol. The van der Waals surface area contributed by atoms with E-state index in [0.29, 0.717) is 24.5 Å². The summed E-state index contributed by atoms with van der Waals surface area (Å²) in [6.07, 6.45) is 3.45. The molecule has 2 aliphatic rings. The number of halogens is 1. The van der Waals surface area contributed by atoms with E-state index in [0.717, 1.165) is 43.5 Å². The molecule has 8 nitrogen and oxygen atoms in total. The van der Waals surface area contributed by atoms with E-state index in [1.165, 1.54) is 18.3 Å². The summed E-state index contributed by atoms with van der Waals surface area (Å²) in [4.78, 5) is 21.7. The number of carbonyl (C=O) groups excluding carboxylic acids is 1. The van der Waals surface area contributed by atoms with Gasteiger partial charge in [0.1, 0.15) is 5.82 Å². The molecule has 2 fully saturated rings. The zero-order valence-electron chi connectivity index (χ0n) is 16.5. The van der Waals surface area contributed by atoms with E-state index >= 15 is 0 Å². The standard InChI is InChI=1S/C20H24BrN5O3S/c21-15-3-5-17(6-4-15)30(28,29)24-16-13-18(20(27)26-9-1-2-10-26)19(23-14-16)25-11-7-22-8-12-25/h3-6,13-14,22,24H,1-2,7-12H2. The number of carbonyl (C=O) groups is 1. The number of hydrogen-bond donors (Lipinski definition) is 2. The van der Waals surface area contributed by atoms with Crippen LogP contribution in [0, 0.1) is 0 Å². The molecule has 0 unspecified atom stereocenters. The Bertz CT molecular complexity index is 1020. The quantitative estimate of drug-likeness (QED) is 0.663. The lowest BCUT2D eigenvalue weighted by Gasteiger charge is -2.30. The van der Waals surface area contributed by atoms with Crippen molar-refractivity contribution in [1.29, 1.82) is 0 Å².